The summed E-state index contributed by atoms with van der Waals surface area (Å²) in [5.74, 6) is -1.81. The van der Waals surface area contributed by atoms with Gasteiger partial charge in [0.15, 0.2) is 11.6 Å². The molecule has 1 heterocycles. The van der Waals surface area contributed by atoms with Crippen molar-refractivity contribution in [1.82, 2.24) is 10.3 Å². The van der Waals surface area contributed by atoms with E-state index in [1.165, 1.54) is 6.07 Å². The molecule has 1 N–H and O–H groups in total. The van der Waals surface area contributed by atoms with Crippen LogP contribution in [0.5, 0.6) is 0 Å². The van der Waals surface area contributed by atoms with E-state index >= 15 is 0 Å². The first-order chi connectivity index (χ1) is 12.4. The fraction of sp³-hybridized carbons (Fsp3) is 0.238. The molecular formula is C21H20F2N2O. The Morgan fingerprint density at radius 1 is 1.04 bits per heavy atom. The number of carbonyl (C=O) groups is 1. The molecule has 0 aliphatic heterocycles. The van der Waals surface area contributed by atoms with E-state index in [9.17, 15) is 13.6 Å². The Kier molecular flexibility index (Phi) is 5.26. The number of benzene rings is 2. The molecule has 0 spiro atoms. The molecule has 0 bridgehead atoms. The minimum absolute atomic E-state index is 0.143. The van der Waals surface area contributed by atoms with Crippen LogP contribution in [0.2, 0.25) is 0 Å². The summed E-state index contributed by atoms with van der Waals surface area (Å²) in [4.78, 5) is 16.7. The van der Waals surface area contributed by atoms with Crippen molar-refractivity contribution in [3.63, 3.8) is 0 Å². The van der Waals surface area contributed by atoms with E-state index in [-0.39, 0.29) is 11.8 Å². The molecule has 0 saturated heterocycles. The molecule has 3 nitrogen and oxygen atoms in total. The molecule has 2 aromatic carbocycles. The SMILES string of the molecule is CC(C)CC(=O)NC(c1ccc(F)c(F)c1)c1ccc2cccnc2c1. The van der Waals surface area contributed by atoms with Crippen LogP contribution in [0.1, 0.15) is 37.4 Å². The summed E-state index contributed by atoms with van der Waals surface area (Å²) >= 11 is 0. The van der Waals surface area contributed by atoms with Crippen LogP contribution in [-0.2, 0) is 4.79 Å². The molecule has 1 amide bonds. The van der Waals surface area contributed by atoms with Gasteiger partial charge >= 0.3 is 0 Å². The Hall–Kier alpha value is -2.82. The van der Waals surface area contributed by atoms with Gasteiger partial charge in [-0.05, 0) is 41.3 Å². The summed E-state index contributed by atoms with van der Waals surface area (Å²) < 4.78 is 27.1. The molecule has 134 valence electrons. The van der Waals surface area contributed by atoms with E-state index in [2.05, 4.69) is 10.3 Å². The van der Waals surface area contributed by atoms with Crippen LogP contribution in [0.25, 0.3) is 10.9 Å². The Morgan fingerprint density at radius 2 is 1.77 bits per heavy atom. The third-order valence-corrected chi connectivity index (χ3v) is 4.14. The van der Waals surface area contributed by atoms with Crippen molar-refractivity contribution >= 4 is 16.8 Å². The molecule has 0 aliphatic rings. The van der Waals surface area contributed by atoms with Gasteiger partial charge in [-0.3, -0.25) is 9.78 Å². The fourth-order valence-electron chi connectivity index (χ4n) is 2.90. The molecule has 1 atom stereocenters. The molecule has 1 aromatic heterocycles. The number of rotatable bonds is 5. The third-order valence-electron chi connectivity index (χ3n) is 4.14. The average molecular weight is 354 g/mol. The average Bonchev–Trinajstić information content (AvgIpc) is 2.61. The number of hydrogen-bond acceptors (Lipinski definition) is 2. The minimum Gasteiger partial charge on any atom is -0.345 e. The number of fused-ring (bicyclic) bond motifs is 1. The number of carbonyl (C=O) groups excluding carboxylic acids is 1. The van der Waals surface area contributed by atoms with E-state index in [1.54, 1.807) is 6.20 Å². The lowest BCUT2D eigenvalue weighted by Gasteiger charge is -2.21. The van der Waals surface area contributed by atoms with E-state index in [4.69, 9.17) is 0 Å². The van der Waals surface area contributed by atoms with Gasteiger partial charge in [-0.1, -0.05) is 38.1 Å². The molecule has 0 aliphatic carbocycles. The summed E-state index contributed by atoms with van der Waals surface area (Å²) in [5.41, 5.74) is 2.02. The maximum Gasteiger partial charge on any atom is 0.221 e. The Morgan fingerprint density at radius 3 is 2.50 bits per heavy atom. The van der Waals surface area contributed by atoms with Crippen LogP contribution in [-0.4, -0.2) is 10.9 Å². The lowest BCUT2D eigenvalue weighted by Crippen LogP contribution is -2.30. The monoisotopic (exact) mass is 354 g/mol. The summed E-state index contributed by atoms with van der Waals surface area (Å²) in [5, 5.41) is 3.90. The summed E-state index contributed by atoms with van der Waals surface area (Å²) in [6, 6.07) is 12.5. The van der Waals surface area contributed by atoms with Gasteiger partial charge in [0.2, 0.25) is 5.91 Å². The molecule has 5 heteroatoms. The van der Waals surface area contributed by atoms with Crippen LogP contribution in [0, 0.1) is 17.6 Å². The maximum atomic E-state index is 13.8. The van der Waals surface area contributed by atoms with Crippen LogP contribution in [0.15, 0.2) is 54.7 Å². The second-order valence-electron chi connectivity index (χ2n) is 6.73. The second-order valence-corrected chi connectivity index (χ2v) is 6.73. The van der Waals surface area contributed by atoms with Gasteiger partial charge in [-0.2, -0.15) is 0 Å². The summed E-state index contributed by atoms with van der Waals surface area (Å²) in [7, 11) is 0. The zero-order valence-electron chi connectivity index (χ0n) is 14.7. The van der Waals surface area contributed by atoms with Crippen molar-refractivity contribution in [1.29, 1.82) is 0 Å². The largest absolute Gasteiger partial charge is 0.345 e. The Balaban J connectivity index is 2.02. The van der Waals surface area contributed by atoms with Gasteiger partial charge in [0, 0.05) is 18.0 Å². The molecule has 1 unspecified atom stereocenters. The van der Waals surface area contributed by atoms with Gasteiger partial charge < -0.3 is 5.32 Å². The minimum atomic E-state index is -0.940. The van der Waals surface area contributed by atoms with Crippen LogP contribution >= 0.6 is 0 Å². The second kappa shape index (κ2) is 7.60. The van der Waals surface area contributed by atoms with Crippen molar-refractivity contribution in [3.8, 4) is 0 Å². The van der Waals surface area contributed by atoms with Crippen molar-refractivity contribution < 1.29 is 13.6 Å². The zero-order valence-corrected chi connectivity index (χ0v) is 14.7. The van der Waals surface area contributed by atoms with Crippen molar-refractivity contribution in [2.24, 2.45) is 5.92 Å². The highest BCUT2D eigenvalue weighted by molar-refractivity contribution is 5.80. The predicted molar refractivity (Wildman–Crippen MR) is 97.5 cm³/mol. The van der Waals surface area contributed by atoms with Crippen LogP contribution < -0.4 is 5.32 Å². The number of hydrogen-bond donors (Lipinski definition) is 1. The highest BCUT2D eigenvalue weighted by Gasteiger charge is 2.19. The fourth-order valence-corrected chi connectivity index (χ4v) is 2.90. The molecular weight excluding hydrogens is 334 g/mol. The maximum absolute atomic E-state index is 13.8. The van der Waals surface area contributed by atoms with Crippen LogP contribution in [0.4, 0.5) is 8.78 Å². The van der Waals surface area contributed by atoms with E-state index in [0.717, 1.165) is 28.6 Å². The van der Waals surface area contributed by atoms with Gasteiger partial charge in [-0.15, -0.1) is 0 Å². The van der Waals surface area contributed by atoms with Gasteiger partial charge in [0.25, 0.3) is 0 Å². The molecule has 0 radical (unpaired) electrons. The molecule has 0 saturated carbocycles. The van der Waals surface area contributed by atoms with E-state index < -0.39 is 17.7 Å². The quantitative estimate of drug-likeness (QED) is 0.717. The molecule has 26 heavy (non-hydrogen) atoms. The number of nitrogens with one attached hydrogen (secondary N) is 1. The smallest absolute Gasteiger partial charge is 0.221 e. The lowest BCUT2D eigenvalue weighted by molar-refractivity contribution is -0.122. The first-order valence-corrected chi connectivity index (χ1v) is 8.53. The number of pyridine rings is 1. The summed E-state index contributed by atoms with van der Waals surface area (Å²) in [6.45, 7) is 3.90. The first kappa shape index (κ1) is 18.0. The Bertz CT molecular complexity index is 940. The van der Waals surface area contributed by atoms with Gasteiger partial charge in [0.1, 0.15) is 0 Å². The van der Waals surface area contributed by atoms with Gasteiger partial charge in [-0.25, -0.2) is 8.78 Å². The zero-order chi connectivity index (χ0) is 18.7. The lowest BCUT2D eigenvalue weighted by atomic mass is 9.96. The van der Waals surface area contributed by atoms with E-state index in [1.807, 2.05) is 44.2 Å². The van der Waals surface area contributed by atoms with Gasteiger partial charge in [0.05, 0.1) is 11.6 Å². The van der Waals surface area contributed by atoms with Crippen molar-refractivity contribution in [2.45, 2.75) is 26.3 Å². The molecule has 0 fully saturated rings. The highest BCUT2D eigenvalue weighted by Crippen LogP contribution is 2.26. The number of nitrogens with zero attached hydrogens (tertiary/aromatic N) is 1. The number of halogens is 2. The molecule has 3 aromatic rings. The first-order valence-electron chi connectivity index (χ1n) is 8.53. The predicted octanol–water partition coefficient (Wildman–Crippen LogP) is 4.76. The highest BCUT2D eigenvalue weighted by atomic mass is 19.2. The van der Waals surface area contributed by atoms with Crippen molar-refractivity contribution in [3.05, 3.63) is 77.5 Å². The molecule has 3 rings (SSSR count). The third kappa shape index (κ3) is 4.04. The van der Waals surface area contributed by atoms with Crippen LogP contribution in [0.3, 0.4) is 0 Å². The normalized spacial score (nSPS) is 12.3. The van der Waals surface area contributed by atoms with Crippen molar-refractivity contribution in [2.75, 3.05) is 0 Å². The summed E-state index contributed by atoms with van der Waals surface area (Å²) in [6.07, 6.45) is 2.04. The standard InChI is InChI=1S/C21H20F2N2O/c1-13(2)10-20(26)25-21(15-7-8-17(22)18(23)11-15)16-6-5-14-4-3-9-24-19(14)12-16/h3-9,11-13,21H,10H2,1-2H3,(H,25,26). The number of amides is 1. The Labute approximate surface area is 151 Å². The van der Waals surface area contributed by atoms with E-state index in [0.29, 0.717) is 12.0 Å². The topological polar surface area (TPSA) is 42.0 Å². The number of aromatic nitrogens is 1.